The number of hydrogen-bond acceptors (Lipinski definition) is 9. The van der Waals surface area contributed by atoms with Gasteiger partial charge in [-0.25, -0.2) is 4.79 Å². The van der Waals surface area contributed by atoms with Crippen molar-refractivity contribution in [3.05, 3.63) is 5.89 Å². The molecule has 2 N–H and O–H groups in total. The van der Waals surface area contributed by atoms with Crippen LogP contribution >= 0.6 is 11.8 Å². The number of Topliss-reactive ketones (excluding diaryl/α,β-unsaturated/α-hetero) is 1. The van der Waals surface area contributed by atoms with Gasteiger partial charge in [-0.1, -0.05) is 44.9 Å². The molecule has 10 nitrogen and oxygen atoms in total. The minimum atomic E-state index is -1.13. The Balaban J connectivity index is 2.13. The lowest BCUT2D eigenvalue weighted by Crippen LogP contribution is -2.62. The van der Waals surface area contributed by atoms with E-state index < -0.39 is 29.1 Å². The summed E-state index contributed by atoms with van der Waals surface area (Å²) in [5.74, 6) is -0.00579. The van der Waals surface area contributed by atoms with Gasteiger partial charge in [0.15, 0.2) is 0 Å². The van der Waals surface area contributed by atoms with Crippen LogP contribution in [0.4, 0.5) is 4.79 Å². The molecule has 1 saturated carbocycles. The number of ketones is 1. The third-order valence-electron chi connectivity index (χ3n) is 5.80. The van der Waals surface area contributed by atoms with E-state index in [-0.39, 0.29) is 17.7 Å². The lowest BCUT2D eigenvalue weighted by atomic mass is 9.80. The SMILES string of the molecule is CC(C)CC(NC(=O)C1(NC(=O)OC(C)(C)C)CCCCC1)C(=O)c1nnc(SCCCN(C)C)o1. The van der Waals surface area contributed by atoms with Gasteiger partial charge in [-0.15, -0.1) is 10.2 Å². The number of amides is 2. The fourth-order valence-electron chi connectivity index (χ4n) is 4.12. The molecule has 1 aliphatic carbocycles. The summed E-state index contributed by atoms with van der Waals surface area (Å²) in [7, 11) is 4.02. The van der Waals surface area contributed by atoms with Crippen molar-refractivity contribution in [3.8, 4) is 0 Å². The van der Waals surface area contributed by atoms with E-state index in [1.807, 2.05) is 27.9 Å². The van der Waals surface area contributed by atoms with Crippen molar-refractivity contribution in [2.45, 2.75) is 102 Å². The molecule has 0 bridgehead atoms. The maximum atomic E-state index is 13.6. The molecule has 11 heteroatoms. The number of nitrogens with zero attached hydrogens (tertiary/aromatic N) is 3. The molecule has 2 amide bonds. The highest BCUT2D eigenvalue weighted by Gasteiger charge is 2.43. The van der Waals surface area contributed by atoms with Crippen molar-refractivity contribution in [2.75, 3.05) is 26.4 Å². The summed E-state index contributed by atoms with van der Waals surface area (Å²) >= 11 is 1.41. The summed E-state index contributed by atoms with van der Waals surface area (Å²) in [5.41, 5.74) is -1.81. The zero-order chi connectivity index (χ0) is 26.9. The number of carbonyl (C=O) groups excluding carboxylic acids is 3. The van der Waals surface area contributed by atoms with Gasteiger partial charge >= 0.3 is 6.09 Å². The molecule has 2 rings (SSSR count). The van der Waals surface area contributed by atoms with Crippen molar-refractivity contribution < 1.29 is 23.5 Å². The number of nitrogens with one attached hydrogen (secondary N) is 2. The molecule has 1 aromatic heterocycles. The lowest BCUT2D eigenvalue weighted by Gasteiger charge is -2.38. The van der Waals surface area contributed by atoms with Gasteiger partial charge in [0, 0.05) is 5.75 Å². The van der Waals surface area contributed by atoms with Gasteiger partial charge in [0.1, 0.15) is 11.1 Å². The second kappa shape index (κ2) is 13.4. The molecule has 204 valence electrons. The first-order valence-electron chi connectivity index (χ1n) is 12.8. The van der Waals surface area contributed by atoms with E-state index >= 15 is 0 Å². The predicted molar refractivity (Wildman–Crippen MR) is 139 cm³/mol. The summed E-state index contributed by atoms with van der Waals surface area (Å²) in [4.78, 5) is 41.6. The molecule has 1 unspecified atom stereocenters. The molecule has 1 atom stereocenters. The minimum Gasteiger partial charge on any atom is -0.444 e. The normalized spacial score (nSPS) is 16.6. The first kappa shape index (κ1) is 30.1. The average Bonchev–Trinajstić information content (AvgIpc) is 3.23. The van der Waals surface area contributed by atoms with Gasteiger partial charge in [0.25, 0.3) is 11.1 Å². The zero-order valence-electron chi connectivity index (χ0n) is 22.8. The maximum absolute atomic E-state index is 13.6. The van der Waals surface area contributed by atoms with Crippen LogP contribution in [0.3, 0.4) is 0 Å². The second-order valence-electron chi connectivity index (χ2n) is 11.2. The number of thioether (sulfide) groups is 1. The predicted octanol–water partition coefficient (Wildman–Crippen LogP) is 4.05. The van der Waals surface area contributed by atoms with Crippen LogP contribution < -0.4 is 10.6 Å². The van der Waals surface area contributed by atoms with Crippen LogP contribution in [0.15, 0.2) is 9.64 Å². The standard InChI is InChI=1S/C25H43N5O5S/c1-17(2)16-18(19(31)20-28-29-23(34-20)36-15-11-14-30(6)7)26-21(32)25(12-9-8-10-13-25)27-22(33)35-24(3,4)5/h17-18H,8-16H2,1-7H3,(H,26,32)(H,27,33). The molecule has 0 aliphatic heterocycles. The summed E-state index contributed by atoms with van der Waals surface area (Å²) in [6.45, 7) is 10.2. The van der Waals surface area contributed by atoms with Gasteiger partial charge in [-0.2, -0.15) is 0 Å². The third-order valence-corrected chi connectivity index (χ3v) is 6.71. The number of rotatable bonds is 12. The molecule has 0 spiro atoms. The quantitative estimate of drug-likeness (QED) is 0.236. The number of hydrogen-bond donors (Lipinski definition) is 2. The summed E-state index contributed by atoms with van der Waals surface area (Å²) < 4.78 is 11.0. The third kappa shape index (κ3) is 9.72. The van der Waals surface area contributed by atoms with E-state index in [4.69, 9.17) is 9.15 Å². The molecule has 36 heavy (non-hydrogen) atoms. The highest BCUT2D eigenvalue weighted by atomic mass is 32.2. The average molecular weight is 526 g/mol. The van der Waals surface area contributed by atoms with Gasteiger partial charge < -0.3 is 24.7 Å². The Morgan fingerprint density at radius 2 is 1.81 bits per heavy atom. The van der Waals surface area contributed by atoms with Gasteiger partial charge in [-0.3, -0.25) is 9.59 Å². The van der Waals surface area contributed by atoms with Crippen molar-refractivity contribution >= 4 is 29.5 Å². The van der Waals surface area contributed by atoms with Crippen molar-refractivity contribution in [1.82, 2.24) is 25.7 Å². The molecular weight excluding hydrogens is 482 g/mol. The summed E-state index contributed by atoms with van der Waals surface area (Å²) in [5, 5.41) is 14.0. The van der Waals surface area contributed by atoms with Gasteiger partial charge in [-0.05, 0) is 73.0 Å². The molecule has 0 aromatic carbocycles. The summed E-state index contributed by atoms with van der Waals surface area (Å²) in [6.07, 6.45) is 4.25. The number of alkyl carbamates (subject to hydrolysis) is 1. The van der Waals surface area contributed by atoms with E-state index in [0.717, 1.165) is 38.0 Å². The maximum Gasteiger partial charge on any atom is 0.408 e. The van der Waals surface area contributed by atoms with Crippen LogP contribution in [0.25, 0.3) is 0 Å². The van der Waals surface area contributed by atoms with Gasteiger partial charge in [0.2, 0.25) is 11.7 Å². The molecule has 0 saturated heterocycles. The van der Waals surface area contributed by atoms with Crippen LogP contribution in [0.5, 0.6) is 0 Å². The van der Waals surface area contributed by atoms with Crippen LogP contribution in [0.1, 0.15) is 90.2 Å². The van der Waals surface area contributed by atoms with Crippen molar-refractivity contribution in [1.29, 1.82) is 0 Å². The fraction of sp³-hybridized carbons (Fsp3) is 0.800. The van der Waals surface area contributed by atoms with Crippen LogP contribution in [0, 0.1) is 5.92 Å². The first-order chi connectivity index (χ1) is 16.8. The van der Waals surface area contributed by atoms with E-state index in [0.29, 0.717) is 24.5 Å². The van der Waals surface area contributed by atoms with E-state index in [2.05, 4.69) is 25.7 Å². The molecule has 1 fully saturated rings. The molecular formula is C25H43N5O5S. The first-order valence-corrected chi connectivity index (χ1v) is 13.8. The Bertz CT molecular complexity index is 874. The molecule has 1 aromatic rings. The Hall–Kier alpha value is -2.14. The monoisotopic (exact) mass is 525 g/mol. The number of ether oxygens (including phenoxy) is 1. The van der Waals surface area contributed by atoms with Crippen molar-refractivity contribution in [2.24, 2.45) is 5.92 Å². The Morgan fingerprint density at radius 3 is 2.39 bits per heavy atom. The number of carbonyl (C=O) groups is 3. The largest absolute Gasteiger partial charge is 0.444 e. The molecule has 1 aliphatic rings. The topological polar surface area (TPSA) is 127 Å². The fourth-order valence-corrected chi connectivity index (χ4v) is 4.80. The second-order valence-corrected chi connectivity index (χ2v) is 12.2. The van der Waals surface area contributed by atoms with Crippen molar-refractivity contribution in [3.63, 3.8) is 0 Å². The highest BCUT2D eigenvalue weighted by molar-refractivity contribution is 7.99. The van der Waals surface area contributed by atoms with Crippen LogP contribution in [-0.2, 0) is 9.53 Å². The van der Waals surface area contributed by atoms with E-state index in [1.54, 1.807) is 20.8 Å². The smallest absolute Gasteiger partial charge is 0.408 e. The Labute approximate surface area is 219 Å². The Kier molecular flexibility index (Phi) is 11.2. The molecule has 1 heterocycles. The number of aromatic nitrogens is 2. The Morgan fingerprint density at radius 1 is 1.14 bits per heavy atom. The van der Waals surface area contributed by atoms with Crippen LogP contribution in [-0.4, -0.2) is 76.5 Å². The highest BCUT2D eigenvalue weighted by Crippen LogP contribution is 2.30. The lowest BCUT2D eigenvalue weighted by molar-refractivity contribution is -0.129. The minimum absolute atomic E-state index is 0.117. The zero-order valence-corrected chi connectivity index (χ0v) is 23.6. The van der Waals surface area contributed by atoms with E-state index in [1.165, 1.54) is 11.8 Å². The van der Waals surface area contributed by atoms with Crippen LogP contribution in [0.2, 0.25) is 0 Å². The molecule has 0 radical (unpaired) electrons. The van der Waals surface area contributed by atoms with Gasteiger partial charge in [0.05, 0.1) is 6.04 Å². The summed E-state index contributed by atoms with van der Waals surface area (Å²) in [6, 6.07) is -0.844. The van der Waals surface area contributed by atoms with E-state index in [9.17, 15) is 14.4 Å².